The highest BCUT2D eigenvalue weighted by atomic mass is 79.9. The molecule has 1 aromatic heterocycles. The summed E-state index contributed by atoms with van der Waals surface area (Å²) in [6.07, 6.45) is 0. The smallest absolute Gasteiger partial charge is 0.234 e. The van der Waals surface area contributed by atoms with E-state index in [0.717, 1.165) is 31.7 Å². The average molecular weight is 513 g/mol. The van der Waals surface area contributed by atoms with Crippen LogP contribution in [-0.4, -0.2) is 21.9 Å². The third-order valence-electron chi connectivity index (χ3n) is 3.93. The van der Waals surface area contributed by atoms with Crippen LogP contribution in [0.25, 0.3) is 0 Å². The van der Waals surface area contributed by atoms with Crippen LogP contribution in [0.2, 0.25) is 0 Å². The molecule has 31 heavy (non-hydrogen) atoms. The molecule has 0 atom stereocenters. The van der Waals surface area contributed by atoms with E-state index in [0.29, 0.717) is 5.13 Å². The van der Waals surface area contributed by atoms with Gasteiger partial charge in [-0.25, -0.2) is 0 Å². The molecular weight excluding hydrogens is 496 g/mol. The van der Waals surface area contributed by atoms with Crippen LogP contribution in [0.15, 0.2) is 87.7 Å². The first-order chi connectivity index (χ1) is 15.1. The largest absolute Gasteiger partial charge is 0.457 e. The standard InChI is InChI=1S/C22H17BrN4O2S2/c23-15-5-4-6-17(13-15)24-20(28)14-30-22-27-26-21(31-22)25-16-9-11-19(12-10-16)29-18-7-2-1-3-8-18/h1-13H,14H2,(H,24,28)(H,25,26). The van der Waals surface area contributed by atoms with Crippen molar-refractivity contribution in [3.8, 4) is 11.5 Å². The SMILES string of the molecule is O=C(CSc1nnc(Nc2ccc(Oc3ccccc3)cc2)s1)Nc1cccc(Br)c1. The Morgan fingerprint density at radius 1 is 0.935 bits per heavy atom. The number of benzene rings is 3. The van der Waals surface area contributed by atoms with Crippen molar-refractivity contribution in [1.29, 1.82) is 0 Å². The zero-order valence-corrected chi connectivity index (χ0v) is 19.3. The lowest BCUT2D eigenvalue weighted by Crippen LogP contribution is -2.13. The topological polar surface area (TPSA) is 76.1 Å². The van der Waals surface area contributed by atoms with Crippen LogP contribution in [0.1, 0.15) is 0 Å². The van der Waals surface area contributed by atoms with E-state index in [4.69, 9.17) is 4.74 Å². The summed E-state index contributed by atoms with van der Waals surface area (Å²) < 4.78 is 7.43. The van der Waals surface area contributed by atoms with Crippen molar-refractivity contribution in [2.75, 3.05) is 16.4 Å². The van der Waals surface area contributed by atoms with E-state index >= 15 is 0 Å². The number of aromatic nitrogens is 2. The minimum absolute atomic E-state index is 0.0955. The number of thioether (sulfide) groups is 1. The Kier molecular flexibility index (Phi) is 7.18. The predicted molar refractivity (Wildman–Crippen MR) is 130 cm³/mol. The van der Waals surface area contributed by atoms with Gasteiger partial charge in [0.2, 0.25) is 11.0 Å². The summed E-state index contributed by atoms with van der Waals surface area (Å²) in [6, 6.07) is 24.7. The maximum atomic E-state index is 12.1. The van der Waals surface area contributed by atoms with Crippen molar-refractivity contribution in [3.05, 3.63) is 83.3 Å². The Bertz CT molecular complexity index is 1150. The van der Waals surface area contributed by atoms with Crippen molar-refractivity contribution in [2.45, 2.75) is 4.34 Å². The summed E-state index contributed by atoms with van der Waals surface area (Å²) in [4.78, 5) is 12.1. The molecule has 0 aliphatic rings. The van der Waals surface area contributed by atoms with Gasteiger partial charge in [0.25, 0.3) is 0 Å². The molecule has 0 unspecified atom stereocenters. The van der Waals surface area contributed by atoms with Crippen LogP contribution < -0.4 is 15.4 Å². The molecule has 3 aromatic carbocycles. The third-order valence-corrected chi connectivity index (χ3v) is 6.39. The zero-order chi connectivity index (χ0) is 21.5. The number of hydrogen-bond donors (Lipinski definition) is 2. The van der Waals surface area contributed by atoms with Gasteiger partial charge in [-0.2, -0.15) is 0 Å². The first-order valence-electron chi connectivity index (χ1n) is 9.26. The van der Waals surface area contributed by atoms with Crippen molar-refractivity contribution >= 4 is 61.4 Å². The van der Waals surface area contributed by atoms with Gasteiger partial charge in [-0.15, -0.1) is 10.2 Å². The Hall–Kier alpha value is -2.88. The van der Waals surface area contributed by atoms with Crippen molar-refractivity contribution in [1.82, 2.24) is 10.2 Å². The summed E-state index contributed by atoms with van der Waals surface area (Å²) in [6.45, 7) is 0. The number of para-hydroxylation sites is 1. The fraction of sp³-hybridized carbons (Fsp3) is 0.0455. The molecule has 0 fully saturated rings. The molecule has 6 nitrogen and oxygen atoms in total. The summed E-state index contributed by atoms with van der Waals surface area (Å²) in [7, 11) is 0. The predicted octanol–water partition coefficient (Wildman–Crippen LogP) is 6.57. The minimum Gasteiger partial charge on any atom is -0.457 e. The van der Waals surface area contributed by atoms with Crippen LogP contribution in [0.3, 0.4) is 0 Å². The molecule has 9 heteroatoms. The molecule has 1 amide bonds. The van der Waals surface area contributed by atoms with Crippen LogP contribution in [0, 0.1) is 0 Å². The monoisotopic (exact) mass is 512 g/mol. The lowest BCUT2D eigenvalue weighted by Gasteiger charge is -2.07. The number of ether oxygens (including phenoxy) is 1. The number of anilines is 3. The van der Waals surface area contributed by atoms with Crippen molar-refractivity contribution in [2.24, 2.45) is 0 Å². The molecule has 4 aromatic rings. The van der Waals surface area contributed by atoms with E-state index in [1.165, 1.54) is 23.1 Å². The lowest BCUT2D eigenvalue weighted by molar-refractivity contribution is -0.113. The van der Waals surface area contributed by atoms with Crippen LogP contribution in [0.5, 0.6) is 11.5 Å². The molecule has 0 saturated carbocycles. The number of nitrogens with zero attached hydrogens (tertiary/aromatic N) is 2. The Morgan fingerprint density at radius 2 is 1.71 bits per heavy atom. The minimum atomic E-state index is -0.0955. The van der Waals surface area contributed by atoms with Gasteiger partial charge < -0.3 is 15.4 Å². The van der Waals surface area contributed by atoms with E-state index in [1.807, 2.05) is 78.9 Å². The Morgan fingerprint density at radius 3 is 2.48 bits per heavy atom. The fourth-order valence-electron chi connectivity index (χ4n) is 2.56. The van der Waals surface area contributed by atoms with Crippen LogP contribution in [0.4, 0.5) is 16.5 Å². The molecule has 0 saturated heterocycles. The molecule has 156 valence electrons. The normalized spacial score (nSPS) is 10.5. The van der Waals surface area contributed by atoms with E-state index in [9.17, 15) is 4.79 Å². The van der Waals surface area contributed by atoms with E-state index < -0.39 is 0 Å². The average Bonchev–Trinajstić information content (AvgIpc) is 3.22. The second-order valence-corrected chi connectivity index (χ2v) is 9.40. The highest BCUT2D eigenvalue weighted by molar-refractivity contribution is 9.10. The van der Waals surface area contributed by atoms with Gasteiger partial charge in [0.1, 0.15) is 11.5 Å². The second kappa shape index (κ2) is 10.4. The summed E-state index contributed by atoms with van der Waals surface area (Å²) >= 11 is 6.13. The first kappa shape index (κ1) is 21.4. The first-order valence-corrected chi connectivity index (χ1v) is 11.9. The lowest BCUT2D eigenvalue weighted by atomic mass is 10.3. The maximum absolute atomic E-state index is 12.1. The van der Waals surface area contributed by atoms with Gasteiger partial charge in [0.05, 0.1) is 5.75 Å². The molecule has 0 aliphatic heterocycles. The second-order valence-electron chi connectivity index (χ2n) is 6.28. The van der Waals surface area contributed by atoms with Gasteiger partial charge >= 0.3 is 0 Å². The van der Waals surface area contributed by atoms with E-state index in [-0.39, 0.29) is 11.7 Å². The van der Waals surface area contributed by atoms with Crippen molar-refractivity contribution in [3.63, 3.8) is 0 Å². The molecule has 0 bridgehead atoms. The van der Waals surface area contributed by atoms with E-state index in [2.05, 4.69) is 36.8 Å². The summed E-state index contributed by atoms with van der Waals surface area (Å²) in [5, 5.41) is 15.0. The number of carbonyl (C=O) groups is 1. The van der Waals surface area contributed by atoms with Crippen LogP contribution in [-0.2, 0) is 4.79 Å². The number of hydrogen-bond acceptors (Lipinski definition) is 7. The number of nitrogens with one attached hydrogen (secondary N) is 2. The number of amides is 1. The molecule has 0 radical (unpaired) electrons. The maximum Gasteiger partial charge on any atom is 0.234 e. The van der Waals surface area contributed by atoms with Crippen molar-refractivity contribution < 1.29 is 9.53 Å². The van der Waals surface area contributed by atoms with Gasteiger partial charge in [0.15, 0.2) is 4.34 Å². The highest BCUT2D eigenvalue weighted by Crippen LogP contribution is 2.29. The third kappa shape index (κ3) is 6.55. The highest BCUT2D eigenvalue weighted by Gasteiger charge is 2.09. The molecule has 0 aliphatic carbocycles. The fourth-order valence-corrected chi connectivity index (χ4v) is 4.54. The quantitative estimate of drug-likeness (QED) is 0.260. The zero-order valence-electron chi connectivity index (χ0n) is 16.1. The molecule has 0 spiro atoms. The van der Waals surface area contributed by atoms with Gasteiger partial charge in [-0.3, -0.25) is 4.79 Å². The molecule has 1 heterocycles. The molecule has 2 N–H and O–H groups in total. The molecule has 4 rings (SSSR count). The Labute approximate surface area is 196 Å². The van der Waals surface area contributed by atoms with Gasteiger partial charge in [-0.05, 0) is 54.6 Å². The molecular formula is C22H17BrN4O2S2. The van der Waals surface area contributed by atoms with Crippen LogP contribution >= 0.6 is 39.0 Å². The number of halogens is 1. The van der Waals surface area contributed by atoms with Gasteiger partial charge in [0, 0.05) is 15.8 Å². The van der Waals surface area contributed by atoms with E-state index in [1.54, 1.807) is 0 Å². The van der Waals surface area contributed by atoms with Gasteiger partial charge in [-0.1, -0.05) is 63.3 Å². The summed E-state index contributed by atoms with van der Waals surface area (Å²) in [5.74, 6) is 1.70. The number of carbonyl (C=O) groups excluding carboxylic acids is 1. The Balaban J connectivity index is 1.27. The number of rotatable bonds is 8. The summed E-state index contributed by atoms with van der Waals surface area (Å²) in [5.41, 5.74) is 1.62.